The van der Waals surface area contributed by atoms with Gasteiger partial charge in [-0.15, -0.1) is 0 Å². The van der Waals surface area contributed by atoms with E-state index in [0.29, 0.717) is 11.8 Å². The van der Waals surface area contributed by atoms with E-state index in [0.717, 1.165) is 17.6 Å². The molecule has 0 saturated carbocycles. The molecular weight excluding hydrogens is 264 g/mol. The molecule has 90 valence electrons. The Labute approximate surface area is 107 Å². The van der Waals surface area contributed by atoms with Crippen LogP contribution in [0, 0.1) is 18.8 Å². The number of aryl methyl sites for hydroxylation is 1. The predicted octanol–water partition coefficient (Wildman–Crippen LogP) is 3.40. The van der Waals surface area contributed by atoms with Crippen LogP contribution in [-0.2, 0) is 0 Å². The smallest absolute Gasteiger partial charge is 0.0343 e. The van der Waals surface area contributed by atoms with E-state index in [9.17, 15) is 0 Å². The van der Waals surface area contributed by atoms with Crippen molar-refractivity contribution < 1.29 is 0 Å². The molecule has 0 radical (unpaired) electrons. The minimum Gasteiger partial charge on any atom is -0.385 e. The molecule has 1 atom stereocenters. The molecule has 0 fully saturated rings. The van der Waals surface area contributed by atoms with Crippen LogP contribution in [0.15, 0.2) is 22.7 Å². The maximum atomic E-state index is 5.74. The van der Waals surface area contributed by atoms with E-state index in [1.54, 1.807) is 0 Å². The van der Waals surface area contributed by atoms with Crippen molar-refractivity contribution in [1.82, 2.24) is 0 Å². The Morgan fingerprint density at radius 2 is 2.06 bits per heavy atom. The first-order chi connectivity index (χ1) is 7.54. The van der Waals surface area contributed by atoms with Crippen LogP contribution in [0.2, 0.25) is 0 Å². The molecule has 0 amide bonds. The zero-order valence-corrected chi connectivity index (χ0v) is 11.8. The molecule has 2 nitrogen and oxygen atoms in total. The van der Waals surface area contributed by atoms with Crippen molar-refractivity contribution in [3.63, 3.8) is 0 Å². The number of nitrogens with one attached hydrogen (secondary N) is 1. The second-order valence-corrected chi connectivity index (χ2v) is 5.44. The molecule has 1 rings (SSSR count). The normalized spacial score (nSPS) is 12.9. The van der Waals surface area contributed by atoms with E-state index < -0.39 is 0 Å². The highest BCUT2D eigenvalue weighted by atomic mass is 79.9. The molecule has 0 bridgehead atoms. The summed E-state index contributed by atoms with van der Waals surface area (Å²) in [6, 6.07) is 6.31. The van der Waals surface area contributed by atoms with Crippen LogP contribution in [0.4, 0.5) is 5.69 Å². The van der Waals surface area contributed by atoms with Gasteiger partial charge in [-0.3, -0.25) is 0 Å². The first-order valence-electron chi connectivity index (χ1n) is 5.74. The fourth-order valence-electron chi connectivity index (χ4n) is 1.59. The average Bonchev–Trinajstić information content (AvgIpc) is 2.23. The Morgan fingerprint density at radius 3 is 2.56 bits per heavy atom. The molecule has 1 unspecified atom stereocenters. The summed E-state index contributed by atoms with van der Waals surface area (Å²) in [5.74, 6) is 1.15. The maximum Gasteiger partial charge on any atom is 0.0343 e. The van der Waals surface area contributed by atoms with Gasteiger partial charge in [0.2, 0.25) is 0 Å². The minimum atomic E-state index is 0.531. The zero-order valence-electron chi connectivity index (χ0n) is 10.3. The van der Waals surface area contributed by atoms with Crippen LogP contribution >= 0.6 is 15.9 Å². The van der Waals surface area contributed by atoms with Gasteiger partial charge >= 0.3 is 0 Å². The number of rotatable bonds is 5. The lowest BCUT2D eigenvalue weighted by atomic mass is 9.96. The van der Waals surface area contributed by atoms with Crippen LogP contribution in [0.5, 0.6) is 0 Å². The van der Waals surface area contributed by atoms with Crippen LogP contribution < -0.4 is 11.1 Å². The van der Waals surface area contributed by atoms with Crippen molar-refractivity contribution in [2.75, 3.05) is 18.4 Å². The average molecular weight is 285 g/mol. The molecule has 1 aromatic carbocycles. The van der Waals surface area contributed by atoms with Crippen molar-refractivity contribution in [1.29, 1.82) is 0 Å². The number of anilines is 1. The van der Waals surface area contributed by atoms with Crippen molar-refractivity contribution in [2.24, 2.45) is 17.6 Å². The van der Waals surface area contributed by atoms with E-state index in [4.69, 9.17) is 5.73 Å². The van der Waals surface area contributed by atoms with Gasteiger partial charge in [0.05, 0.1) is 0 Å². The van der Waals surface area contributed by atoms with Crippen LogP contribution in [0.25, 0.3) is 0 Å². The van der Waals surface area contributed by atoms with E-state index in [2.05, 4.69) is 60.2 Å². The van der Waals surface area contributed by atoms with Gasteiger partial charge in [0, 0.05) is 16.7 Å². The standard InChI is InChI=1S/C13H21BrN2/c1-9(2)11(7-15)8-16-12-4-5-13(14)10(3)6-12/h4-6,9,11,16H,7-8,15H2,1-3H3. The molecule has 0 aliphatic carbocycles. The van der Waals surface area contributed by atoms with E-state index in [1.807, 2.05) is 0 Å². The molecule has 0 aliphatic heterocycles. The number of benzene rings is 1. The summed E-state index contributed by atoms with van der Waals surface area (Å²) in [6.45, 7) is 8.20. The number of nitrogens with two attached hydrogens (primary N) is 1. The van der Waals surface area contributed by atoms with E-state index >= 15 is 0 Å². The SMILES string of the molecule is Cc1cc(NCC(CN)C(C)C)ccc1Br. The lowest BCUT2D eigenvalue weighted by Crippen LogP contribution is -2.27. The number of hydrogen-bond donors (Lipinski definition) is 2. The molecule has 0 aromatic heterocycles. The van der Waals surface area contributed by atoms with Gasteiger partial charge in [0.1, 0.15) is 0 Å². The van der Waals surface area contributed by atoms with E-state index in [1.165, 1.54) is 11.3 Å². The van der Waals surface area contributed by atoms with Crippen molar-refractivity contribution >= 4 is 21.6 Å². The predicted molar refractivity (Wildman–Crippen MR) is 74.8 cm³/mol. The quantitative estimate of drug-likeness (QED) is 0.870. The first kappa shape index (κ1) is 13.5. The summed E-state index contributed by atoms with van der Waals surface area (Å²) >= 11 is 3.50. The third-order valence-electron chi connectivity index (χ3n) is 2.97. The summed E-state index contributed by atoms with van der Waals surface area (Å²) in [4.78, 5) is 0. The Balaban J connectivity index is 2.57. The van der Waals surface area contributed by atoms with Gasteiger partial charge in [-0.25, -0.2) is 0 Å². The van der Waals surface area contributed by atoms with Gasteiger partial charge in [0.25, 0.3) is 0 Å². The largest absolute Gasteiger partial charge is 0.385 e. The van der Waals surface area contributed by atoms with Crippen molar-refractivity contribution in [3.05, 3.63) is 28.2 Å². The zero-order chi connectivity index (χ0) is 12.1. The van der Waals surface area contributed by atoms with Crippen LogP contribution in [0.1, 0.15) is 19.4 Å². The molecule has 0 heterocycles. The highest BCUT2D eigenvalue weighted by Gasteiger charge is 2.10. The molecule has 0 spiro atoms. The Bertz CT molecular complexity index is 337. The monoisotopic (exact) mass is 284 g/mol. The van der Waals surface area contributed by atoms with Crippen LogP contribution in [0.3, 0.4) is 0 Å². The molecule has 3 N–H and O–H groups in total. The second-order valence-electron chi connectivity index (χ2n) is 4.58. The highest BCUT2D eigenvalue weighted by molar-refractivity contribution is 9.10. The van der Waals surface area contributed by atoms with Crippen molar-refractivity contribution in [3.8, 4) is 0 Å². The number of halogens is 1. The first-order valence-corrected chi connectivity index (χ1v) is 6.54. The van der Waals surface area contributed by atoms with Gasteiger partial charge in [-0.2, -0.15) is 0 Å². The Hall–Kier alpha value is -0.540. The highest BCUT2D eigenvalue weighted by Crippen LogP contribution is 2.20. The summed E-state index contributed by atoms with van der Waals surface area (Å²) in [5, 5.41) is 3.44. The Kier molecular flexibility index (Phi) is 5.29. The molecule has 3 heteroatoms. The maximum absolute atomic E-state index is 5.74. The van der Waals surface area contributed by atoms with Crippen LogP contribution in [-0.4, -0.2) is 13.1 Å². The summed E-state index contributed by atoms with van der Waals surface area (Å²) in [6.07, 6.45) is 0. The van der Waals surface area contributed by atoms with Crippen molar-refractivity contribution in [2.45, 2.75) is 20.8 Å². The fourth-order valence-corrected chi connectivity index (χ4v) is 1.84. The lowest BCUT2D eigenvalue weighted by Gasteiger charge is -2.20. The third kappa shape index (κ3) is 3.80. The van der Waals surface area contributed by atoms with Gasteiger partial charge < -0.3 is 11.1 Å². The fraction of sp³-hybridized carbons (Fsp3) is 0.538. The summed E-state index contributed by atoms with van der Waals surface area (Å²) < 4.78 is 1.15. The molecule has 1 aromatic rings. The topological polar surface area (TPSA) is 38.0 Å². The summed E-state index contributed by atoms with van der Waals surface area (Å²) in [5.41, 5.74) is 8.16. The molecular formula is C13H21BrN2. The minimum absolute atomic E-state index is 0.531. The third-order valence-corrected chi connectivity index (χ3v) is 3.86. The molecule has 16 heavy (non-hydrogen) atoms. The second kappa shape index (κ2) is 6.26. The lowest BCUT2D eigenvalue weighted by molar-refractivity contribution is 0.413. The van der Waals surface area contributed by atoms with Gasteiger partial charge in [-0.1, -0.05) is 29.8 Å². The van der Waals surface area contributed by atoms with Gasteiger partial charge in [-0.05, 0) is 49.1 Å². The van der Waals surface area contributed by atoms with Gasteiger partial charge in [0.15, 0.2) is 0 Å². The molecule has 0 aliphatic rings. The molecule has 0 saturated heterocycles. The summed E-state index contributed by atoms with van der Waals surface area (Å²) in [7, 11) is 0. The van der Waals surface area contributed by atoms with E-state index in [-0.39, 0.29) is 0 Å². The Morgan fingerprint density at radius 1 is 1.38 bits per heavy atom. The number of hydrogen-bond acceptors (Lipinski definition) is 2.